The Morgan fingerprint density at radius 2 is 2.16 bits per heavy atom. The Kier molecular flexibility index (Phi) is 5.34. The first-order valence-corrected chi connectivity index (χ1v) is 7.58. The summed E-state index contributed by atoms with van der Waals surface area (Å²) in [7, 11) is 0. The average Bonchev–Trinajstić information content (AvgIpc) is 2.43. The summed E-state index contributed by atoms with van der Waals surface area (Å²) in [5.41, 5.74) is 1.38. The Bertz CT molecular complexity index is 366. The molecule has 3 nitrogen and oxygen atoms in total. The second-order valence-corrected chi connectivity index (χ2v) is 5.86. The number of rotatable bonds is 3. The van der Waals surface area contributed by atoms with Gasteiger partial charge in [0.15, 0.2) is 0 Å². The molecule has 0 aromatic carbocycles. The summed E-state index contributed by atoms with van der Waals surface area (Å²) in [6, 6.07) is 5.45. The number of hydrogen-bond donors (Lipinski definition) is 1. The molecular weight excluding hydrogens is 234 g/mol. The maximum absolute atomic E-state index is 4.12. The van der Waals surface area contributed by atoms with E-state index in [0.29, 0.717) is 18.0 Å². The molecular formula is C16H27N3. The van der Waals surface area contributed by atoms with Gasteiger partial charge in [-0.25, -0.2) is 0 Å². The molecule has 106 valence electrons. The molecule has 1 aliphatic rings. The van der Waals surface area contributed by atoms with Crippen molar-refractivity contribution in [2.24, 2.45) is 5.92 Å². The minimum absolute atomic E-state index is 0.487. The van der Waals surface area contributed by atoms with Crippen LogP contribution in [0.1, 0.15) is 45.2 Å². The molecule has 0 bridgehead atoms. The van der Waals surface area contributed by atoms with Crippen molar-refractivity contribution in [1.82, 2.24) is 15.2 Å². The summed E-state index contributed by atoms with van der Waals surface area (Å²) in [4.78, 5) is 6.75. The standard InChI is InChI=1S/C16H27N3/c1-4-16-7-10-19(12-13(2)11-18-16)14(3)15-5-8-17-9-6-15/h5-6,8-9,13-14,16,18H,4,7,10-12H2,1-3H3. The predicted octanol–water partition coefficient (Wildman–Crippen LogP) is 2.85. The summed E-state index contributed by atoms with van der Waals surface area (Å²) in [6.07, 6.45) is 6.27. The van der Waals surface area contributed by atoms with E-state index < -0.39 is 0 Å². The van der Waals surface area contributed by atoms with E-state index in [1.165, 1.54) is 31.5 Å². The molecule has 3 heteroatoms. The molecule has 1 aromatic heterocycles. The largest absolute Gasteiger partial charge is 0.314 e. The lowest BCUT2D eigenvalue weighted by Crippen LogP contribution is -2.44. The fourth-order valence-electron chi connectivity index (χ4n) is 2.90. The molecule has 1 N–H and O–H groups in total. The fourth-order valence-corrected chi connectivity index (χ4v) is 2.90. The van der Waals surface area contributed by atoms with Crippen LogP contribution in [-0.4, -0.2) is 35.6 Å². The average molecular weight is 261 g/mol. The summed E-state index contributed by atoms with van der Waals surface area (Å²) < 4.78 is 0. The van der Waals surface area contributed by atoms with Crippen molar-refractivity contribution in [1.29, 1.82) is 0 Å². The number of pyridine rings is 1. The fraction of sp³-hybridized carbons (Fsp3) is 0.688. The SMILES string of the molecule is CCC1CCN(C(C)c2ccncc2)CC(C)CN1. The van der Waals surface area contributed by atoms with Crippen molar-refractivity contribution < 1.29 is 0 Å². The van der Waals surface area contributed by atoms with E-state index in [1.807, 2.05) is 12.4 Å². The smallest absolute Gasteiger partial charge is 0.0321 e. The number of nitrogens with zero attached hydrogens (tertiary/aromatic N) is 2. The molecule has 19 heavy (non-hydrogen) atoms. The van der Waals surface area contributed by atoms with E-state index in [4.69, 9.17) is 0 Å². The number of aromatic nitrogens is 1. The second kappa shape index (κ2) is 7.01. The van der Waals surface area contributed by atoms with Crippen LogP contribution in [0, 0.1) is 5.92 Å². The highest BCUT2D eigenvalue weighted by molar-refractivity contribution is 5.14. The maximum atomic E-state index is 4.12. The Morgan fingerprint density at radius 1 is 1.42 bits per heavy atom. The van der Waals surface area contributed by atoms with Crippen LogP contribution in [0.2, 0.25) is 0 Å². The number of hydrogen-bond acceptors (Lipinski definition) is 3. The van der Waals surface area contributed by atoms with Crippen LogP contribution >= 0.6 is 0 Å². The van der Waals surface area contributed by atoms with Crippen molar-refractivity contribution >= 4 is 0 Å². The Balaban J connectivity index is 2.04. The molecule has 0 radical (unpaired) electrons. The summed E-state index contributed by atoms with van der Waals surface area (Å²) in [5.74, 6) is 0.707. The van der Waals surface area contributed by atoms with Crippen molar-refractivity contribution in [3.63, 3.8) is 0 Å². The molecule has 2 rings (SSSR count). The highest BCUT2D eigenvalue weighted by Gasteiger charge is 2.22. The van der Waals surface area contributed by atoms with E-state index in [2.05, 4.69) is 48.1 Å². The Labute approximate surface area is 117 Å². The highest BCUT2D eigenvalue weighted by atomic mass is 15.2. The van der Waals surface area contributed by atoms with Gasteiger partial charge in [-0.05, 0) is 49.9 Å². The lowest BCUT2D eigenvalue weighted by Gasteiger charge is -2.36. The van der Waals surface area contributed by atoms with Crippen LogP contribution in [0.3, 0.4) is 0 Å². The van der Waals surface area contributed by atoms with Gasteiger partial charge in [-0.3, -0.25) is 9.88 Å². The van der Waals surface area contributed by atoms with Gasteiger partial charge in [-0.2, -0.15) is 0 Å². The molecule has 1 aliphatic heterocycles. The minimum atomic E-state index is 0.487. The van der Waals surface area contributed by atoms with E-state index in [-0.39, 0.29) is 0 Å². The van der Waals surface area contributed by atoms with Crippen molar-refractivity contribution in [2.45, 2.75) is 45.7 Å². The van der Waals surface area contributed by atoms with E-state index in [1.54, 1.807) is 0 Å². The zero-order valence-electron chi connectivity index (χ0n) is 12.5. The van der Waals surface area contributed by atoms with Crippen LogP contribution in [0.4, 0.5) is 0 Å². The van der Waals surface area contributed by atoms with Gasteiger partial charge in [0.1, 0.15) is 0 Å². The third kappa shape index (κ3) is 4.02. The topological polar surface area (TPSA) is 28.2 Å². The molecule has 0 aliphatic carbocycles. The van der Waals surface area contributed by atoms with E-state index >= 15 is 0 Å². The predicted molar refractivity (Wildman–Crippen MR) is 80.1 cm³/mol. The first kappa shape index (κ1) is 14.5. The Hall–Kier alpha value is -0.930. The van der Waals surface area contributed by atoms with Gasteiger partial charge in [-0.1, -0.05) is 13.8 Å². The second-order valence-electron chi connectivity index (χ2n) is 5.86. The molecule has 0 spiro atoms. The number of nitrogens with one attached hydrogen (secondary N) is 1. The first-order valence-electron chi connectivity index (χ1n) is 7.58. The summed E-state index contributed by atoms with van der Waals surface area (Å²) >= 11 is 0. The van der Waals surface area contributed by atoms with Gasteiger partial charge < -0.3 is 5.32 Å². The molecule has 1 aromatic rings. The zero-order chi connectivity index (χ0) is 13.7. The van der Waals surface area contributed by atoms with Gasteiger partial charge in [0.05, 0.1) is 0 Å². The zero-order valence-corrected chi connectivity index (χ0v) is 12.5. The van der Waals surface area contributed by atoms with Crippen LogP contribution in [-0.2, 0) is 0 Å². The molecule has 3 unspecified atom stereocenters. The van der Waals surface area contributed by atoms with E-state index in [9.17, 15) is 0 Å². The van der Waals surface area contributed by atoms with E-state index in [0.717, 1.165) is 6.54 Å². The van der Waals surface area contributed by atoms with Crippen LogP contribution < -0.4 is 5.32 Å². The molecule has 2 heterocycles. The lowest BCUT2D eigenvalue weighted by atomic mass is 10.0. The van der Waals surface area contributed by atoms with Crippen LogP contribution in [0.5, 0.6) is 0 Å². The van der Waals surface area contributed by atoms with Crippen molar-refractivity contribution in [3.05, 3.63) is 30.1 Å². The molecule has 3 atom stereocenters. The minimum Gasteiger partial charge on any atom is -0.314 e. The molecule has 0 saturated carbocycles. The Morgan fingerprint density at radius 3 is 2.84 bits per heavy atom. The molecule has 1 fully saturated rings. The van der Waals surface area contributed by atoms with Gasteiger partial charge >= 0.3 is 0 Å². The van der Waals surface area contributed by atoms with Crippen molar-refractivity contribution in [2.75, 3.05) is 19.6 Å². The van der Waals surface area contributed by atoms with Gasteiger partial charge in [-0.15, -0.1) is 0 Å². The monoisotopic (exact) mass is 261 g/mol. The summed E-state index contributed by atoms with van der Waals surface area (Å²) in [5, 5.41) is 3.68. The maximum Gasteiger partial charge on any atom is 0.0321 e. The normalized spacial score (nSPS) is 27.5. The van der Waals surface area contributed by atoms with Gasteiger partial charge in [0.2, 0.25) is 0 Å². The highest BCUT2D eigenvalue weighted by Crippen LogP contribution is 2.22. The summed E-state index contributed by atoms with van der Waals surface area (Å²) in [6.45, 7) is 10.4. The van der Waals surface area contributed by atoms with Crippen LogP contribution in [0.15, 0.2) is 24.5 Å². The van der Waals surface area contributed by atoms with Crippen LogP contribution in [0.25, 0.3) is 0 Å². The lowest BCUT2D eigenvalue weighted by molar-refractivity contribution is 0.153. The third-order valence-electron chi connectivity index (χ3n) is 4.29. The van der Waals surface area contributed by atoms with Crippen molar-refractivity contribution in [3.8, 4) is 0 Å². The van der Waals surface area contributed by atoms with Gasteiger partial charge in [0.25, 0.3) is 0 Å². The molecule has 1 saturated heterocycles. The van der Waals surface area contributed by atoms with Gasteiger partial charge in [0, 0.05) is 37.6 Å². The quantitative estimate of drug-likeness (QED) is 0.907. The third-order valence-corrected chi connectivity index (χ3v) is 4.29. The molecule has 0 amide bonds. The first-order chi connectivity index (χ1) is 9.20.